The van der Waals surface area contributed by atoms with Gasteiger partial charge in [-0.2, -0.15) is 0 Å². The summed E-state index contributed by atoms with van der Waals surface area (Å²) in [6.45, 7) is 0. The summed E-state index contributed by atoms with van der Waals surface area (Å²) in [7, 11) is 0. The second kappa shape index (κ2) is 4.94. The van der Waals surface area contributed by atoms with Gasteiger partial charge in [0.2, 0.25) is 0 Å². The predicted octanol–water partition coefficient (Wildman–Crippen LogP) is 2.42. The van der Waals surface area contributed by atoms with Crippen LogP contribution in [0.3, 0.4) is 0 Å². The number of H-pyrrole nitrogens is 1. The van der Waals surface area contributed by atoms with Gasteiger partial charge in [0.25, 0.3) is 0 Å². The van der Waals surface area contributed by atoms with Gasteiger partial charge in [-0.1, -0.05) is 23.7 Å². The van der Waals surface area contributed by atoms with Gasteiger partial charge in [0.1, 0.15) is 11.6 Å². The molecule has 0 fully saturated rings. The van der Waals surface area contributed by atoms with Gasteiger partial charge >= 0.3 is 0 Å². The van der Waals surface area contributed by atoms with Crippen molar-refractivity contribution in [1.29, 1.82) is 0 Å². The minimum absolute atomic E-state index is 0.136. The quantitative estimate of drug-likeness (QED) is 0.883. The number of Topliss-reactive ketones (excluding diaryl/α,β-unsaturated/α-hetero) is 1. The summed E-state index contributed by atoms with van der Waals surface area (Å²) in [4.78, 5) is 18.6. The third-order valence-electron chi connectivity index (χ3n) is 2.23. The van der Waals surface area contributed by atoms with Crippen LogP contribution in [0.1, 0.15) is 11.4 Å². The van der Waals surface area contributed by atoms with E-state index in [0.29, 0.717) is 23.7 Å². The van der Waals surface area contributed by atoms with Gasteiger partial charge < -0.3 is 4.98 Å². The number of hydrogen-bond donors (Lipinski definition) is 1. The summed E-state index contributed by atoms with van der Waals surface area (Å²) in [6, 6.07) is 7.30. The number of nitrogens with zero attached hydrogens (tertiary/aromatic N) is 1. The molecule has 0 saturated carbocycles. The van der Waals surface area contributed by atoms with Crippen molar-refractivity contribution in [2.45, 2.75) is 12.8 Å². The average Bonchev–Trinajstić information content (AvgIpc) is 2.74. The zero-order valence-electron chi connectivity index (χ0n) is 8.61. The Bertz CT molecular complexity index is 462. The van der Waals surface area contributed by atoms with Crippen LogP contribution in [-0.2, 0) is 17.6 Å². The summed E-state index contributed by atoms with van der Waals surface area (Å²) >= 11 is 5.76. The Labute approximate surface area is 98.5 Å². The molecule has 2 rings (SSSR count). The fourth-order valence-electron chi connectivity index (χ4n) is 1.47. The first-order valence-corrected chi connectivity index (χ1v) is 5.36. The van der Waals surface area contributed by atoms with E-state index in [0.717, 1.165) is 5.56 Å². The van der Waals surface area contributed by atoms with E-state index in [2.05, 4.69) is 9.97 Å². The van der Waals surface area contributed by atoms with E-state index in [-0.39, 0.29) is 5.78 Å². The molecule has 82 valence electrons. The molecular weight excluding hydrogens is 224 g/mol. The molecule has 0 saturated heterocycles. The molecule has 0 spiro atoms. The Morgan fingerprint density at radius 1 is 1.25 bits per heavy atom. The zero-order chi connectivity index (χ0) is 11.4. The molecule has 0 aliphatic heterocycles. The first-order valence-electron chi connectivity index (χ1n) is 4.98. The highest BCUT2D eigenvalue weighted by Crippen LogP contribution is 2.10. The number of carbonyl (C=O) groups is 1. The van der Waals surface area contributed by atoms with Crippen molar-refractivity contribution in [1.82, 2.24) is 9.97 Å². The Morgan fingerprint density at radius 2 is 2.00 bits per heavy atom. The van der Waals surface area contributed by atoms with Crippen molar-refractivity contribution in [3.05, 3.63) is 53.1 Å². The number of nitrogens with one attached hydrogen (secondary N) is 1. The highest BCUT2D eigenvalue weighted by Gasteiger charge is 2.06. The standard InChI is InChI=1S/C12H11ClN2O/c13-10-3-1-9(2-4-10)7-11(16)8-12-14-5-6-15-12/h1-6H,7-8H2,(H,14,15). The monoisotopic (exact) mass is 234 g/mol. The van der Waals surface area contributed by atoms with Crippen molar-refractivity contribution in [3.8, 4) is 0 Å². The number of imidazole rings is 1. The van der Waals surface area contributed by atoms with E-state index in [9.17, 15) is 4.79 Å². The summed E-state index contributed by atoms with van der Waals surface area (Å²) in [5.41, 5.74) is 0.973. The van der Waals surface area contributed by atoms with Crippen LogP contribution in [0.2, 0.25) is 5.02 Å². The lowest BCUT2D eigenvalue weighted by Crippen LogP contribution is -2.07. The molecule has 1 heterocycles. The number of halogens is 1. The molecule has 16 heavy (non-hydrogen) atoms. The van der Waals surface area contributed by atoms with Crippen LogP contribution >= 0.6 is 11.6 Å². The molecule has 4 heteroatoms. The topological polar surface area (TPSA) is 45.8 Å². The van der Waals surface area contributed by atoms with Crippen LogP contribution in [0.15, 0.2) is 36.7 Å². The summed E-state index contributed by atoms with van der Waals surface area (Å²) in [6.07, 6.45) is 4.11. The van der Waals surface area contributed by atoms with E-state index in [4.69, 9.17) is 11.6 Å². The fourth-order valence-corrected chi connectivity index (χ4v) is 1.60. The van der Waals surface area contributed by atoms with Crippen LogP contribution < -0.4 is 0 Å². The highest BCUT2D eigenvalue weighted by molar-refractivity contribution is 6.30. The van der Waals surface area contributed by atoms with E-state index in [1.54, 1.807) is 24.5 Å². The molecule has 1 aromatic carbocycles. The molecule has 1 N–H and O–H groups in total. The molecule has 0 atom stereocenters. The first kappa shape index (κ1) is 10.9. The fraction of sp³-hybridized carbons (Fsp3) is 0.167. The Hall–Kier alpha value is -1.61. The third kappa shape index (κ3) is 2.94. The van der Waals surface area contributed by atoms with Crippen molar-refractivity contribution >= 4 is 17.4 Å². The zero-order valence-corrected chi connectivity index (χ0v) is 9.37. The van der Waals surface area contributed by atoms with Crippen LogP contribution in [0.5, 0.6) is 0 Å². The average molecular weight is 235 g/mol. The van der Waals surface area contributed by atoms with Gasteiger partial charge in [0.05, 0.1) is 6.42 Å². The molecule has 0 bridgehead atoms. The largest absolute Gasteiger partial charge is 0.348 e. The van der Waals surface area contributed by atoms with Crippen LogP contribution in [0, 0.1) is 0 Å². The summed E-state index contributed by atoms with van der Waals surface area (Å²) < 4.78 is 0. The summed E-state index contributed by atoms with van der Waals surface area (Å²) in [5.74, 6) is 0.844. The normalized spacial score (nSPS) is 10.3. The van der Waals surface area contributed by atoms with E-state index >= 15 is 0 Å². The first-order chi connectivity index (χ1) is 7.74. The van der Waals surface area contributed by atoms with Gasteiger partial charge in [-0.25, -0.2) is 4.98 Å². The Balaban J connectivity index is 1.95. The van der Waals surface area contributed by atoms with Gasteiger partial charge in [0.15, 0.2) is 0 Å². The SMILES string of the molecule is O=C(Cc1ccc(Cl)cc1)Cc1ncc[nH]1. The minimum atomic E-state index is 0.136. The molecule has 1 aromatic heterocycles. The number of aromatic amines is 1. The number of carbonyl (C=O) groups excluding carboxylic acids is 1. The van der Waals surface area contributed by atoms with Gasteiger partial charge in [-0.05, 0) is 17.7 Å². The number of benzene rings is 1. The number of rotatable bonds is 4. The Morgan fingerprint density at radius 3 is 2.62 bits per heavy atom. The van der Waals surface area contributed by atoms with Crippen LogP contribution in [0.25, 0.3) is 0 Å². The second-order valence-corrected chi connectivity index (χ2v) is 3.99. The molecule has 0 amide bonds. The van der Waals surface area contributed by atoms with Crippen molar-refractivity contribution in [2.24, 2.45) is 0 Å². The maximum atomic E-state index is 11.7. The third-order valence-corrected chi connectivity index (χ3v) is 2.49. The smallest absolute Gasteiger partial charge is 0.144 e. The molecule has 0 aliphatic rings. The maximum absolute atomic E-state index is 11.7. The van der Waals surface area contributed by atoms with E-state index in [1.807, 2.05) is 12.1 Å². The lowest BCUT2D eigenvalue weighted by atomic mass is 10.1. The van der Waals surface area contributed by atoms with E-state index < -0.39 is 0 Å². The molecule has 0 aliphatic carbocycles. The molecular formula is C12H11ClN2O. The van der Waals surface area contributed by atoms with Crippen molar-refractivity contribution in [2.75, 3.05) is 0 Å². The lowest BCUT2D eigenvalue weighted by Gasteiger charge is -2.00. The second-order valence-electron chi connectivity index (χ2n) is 3.55. The number of hydrogen-bond acceptors (Lipinski definition) is 2. The van der Waals surface area contributed by atoms with Crippen molar-refractivity contribution in [3.63, 3.8) is 0 Å². The van der Waals surface area contributed by atoms with Gasteiger partial charge in [-0.3, -0.25) is 4.79 Å². The van der Waals surface area contributed by atoms with E-state index in [1.165, 1.54) is 0 Å². The van der Waals surface area contributed by atoms with Crippen molar-refractivity contribution < 1.29 is 4.79 Å². The number of ketones is 1. The van der Waals surface area contributed by atoms with Gasteiger partial charge in [0, 0.05) is 23.8 Å². The molecule has 0 radical (unpaired) electrons. The predicted molar refractivity (Wildman–Crippen MR) is 62.5 cm³/mol. The molecule has 0 unspecified atom stereocenters. The van der Waals surface area contributed by atoms with Crippen LogP contribution in [-0.4, -0.2) is 15.8 Å². The highest BCUT2D eigenvalue weighted by atomic mass is 35.5. The summed E-state index contributed by atoms with van der Waals surface area (Å²) in [5, 5.41) is 0.683. The maximum Gasteiger partial charge on any atom is 0.144 e. The molecule has 3 nitrogen and oxygen atoms in total. The van der Waals surface area contributed by atoms with Gasteiger partial charge in [-0.15, -0.1) is 0 Å². The lowest BCUT2D eigenvalue weighted by molar-refractivity contribution is -0.117. The Kier molecular flexibility index (Phi) is 3.37. The van der Waals surface area contributed by atoms with Crippen LogP contribution in [0.4, 0.5) is 0 Å². The number of aromatic nitrogens is 2. The molecule has 2 aromatic rings. The minimum Gasteiger partial charge on any atom is -0.348 e.